The van der Waals surface area contributed by atoms with Crippen molar-refractivity contribution in [3.8, 4) is 5.88 Å². The number of ether oxygens (including phenoxy) is 1. The van der Waals surface area contributed by atoms with Gasteiger partial charge in [0.15, 0.2) is 5.65 Å². The van der Waals surface area contributed by atoms with Gasteiger partial charge in [0.1, 0.15) is 5.69 Å². The lowest BCUT2D eigenvalue weighted by molar-refractivity contribution is -0.111. The van der Waals surface area contributed by atoms with Crippen molar-refractivity contribution in [3.05, 3.63) is 77.3 Å². The Balaban J connectivity index is 1.75. The van der Waals surface area contributed by atoms with E-state index in [1.165, 1.54) is 6.08 Å². The summed E-state index contributed by atoms with van der Waals surface area (Å²) in [6, 6.07) is 7.30. The van der Waals surface area contributed by atoms with Crippen LogP contribution in [-0.4, -0.2) is 36.7 Å². The maximum absolute atomic E-state index is 13.2. The number of imidazole rings is 1. The van der Waals surface area contributed by atoms with Crippen LogP contribution in [0.5, 0.6) is 5.88 Å². The van der Waals surface area contributed by atoms with Gasteiger partial charge < -0.3 is 15.4 Å². The molecule has 0 fully saturated rings. The third kappa shape index (κ3) is 3.97. The summed E-state index contributed by atoms with van der Waals surface area (Å²) in [6.45, 7) is 5.58. The van der Waals surface area contributed by atoms with Gasteiger partial charge in [0.05, 0.1) is 25.5 Å². The minimum absolute atomic E-state index is 0.223. The number of amides is 1. The van der Waals surface area contributed by atoms with Gasteiger partial charge in [-0.15, -0.1) is 5.10 Å². The van der Waals surface area contributed by atoms with E-state index in [0.717, 1.165) is 5.56 Å². The molecule has 10 heteroatoms. The highest BCUT2D eigenvalue weighted by molar-refractivity contribution is 5.98. The van der Waals surface area contributed by atoms with E-state index >= 15 is 0 Å². The van der Waals surface area contributed by atoms with Crippen molar-refractivity contribution in [2.45, 2.75) is 13.5 Å². The second kappa shape index (κ2) is 8.42. The highest BCUT2D eigenvalue weighted by Crippen LogP contribution is 2.27. The number of benzene rings is 1. The number of nitrogens with zero attached hydrogens (tertiary/aromatic N) is 5. The van der Waals surface area contributed by atoms with Gasteiger partial charge in [-0.25, -0.2) is 14.2 Å². The molecular weight excluding hydrogens is 410 g/mol. The average Bonchev–Trinajstić information content (AvgIpc) is 3.33. The van der Waals surface area contributed by atoms with Crippen molar-refractivity contribution in [1.82, 2.24) is 23.7 Å². The van der Waals surface area contributed by atoms with E-state index in [-0.39, 0.29) is 11.6 Å². The molecule has 0 spiro atoms. The molecule has 4 rings (SSSR count). The van der Waals surface area contributed by atoms with Gasteiger partial charge in [-0.1, -0.05) is 18.7 Å². The summed E-state index contributed by atoms with van der Waals surface area (Å²) >= 11 is 0. The van der Waals surface area contributed by atoms with Gasteiger partial charge in [0.25, 0.3) is 5.88 Å². The van der Waals surface area contributed by atoms with E-state index in [2.05, 4.69) is 27.3 Å². The minimum Gasteiger partial charge on any atom is -0.478 e. The van der Waals surface area contributed by atoms with Crippen molar-refractivity contribution in [1.29, 1.82) is 0 Å². The van der Waals surface area contributed by atoms with Crippen LogP contribution in [0.15, 0.2) is 60.3 Å². The van der Waals surface area contributed by atoms with Gasteiger partial charge in [0, 0.05) is 30.8 Å². The van der Waals surface area contributed by atoms with Crippen molar-refractivity contribution in [2.24, 2.45) is 7.05 Å². The quantitative estimate of drug-likeness (QED) is 0.434. The largest absolute Gasteiger partial charge is 0.478 e. The Morgan fingerprint density at radius 1 is 1.28 bits per heavy atom. The number of aromatic nitrogens is 5. The monoisotopic (exact) mass is 433 g/mol. The first-order valence-corrected chi connectivity index (χ1v) is 9.84. The minimum atomic E-state index is -0.299. The summed E-state index contributed by atoms with van der Waals surface area (Å²) in [4.78, 5) is 29.2. The number of aryl methyl sites for hydroxylation is 2. The summed E-state index contributed by atoms with van der Waals surface area (Å²) in [6.07, 6.45) is 6.35. The number of methoxy groups -OCH3 is 1. The van der Waals surface area contributed by atoms with Crippen LogP contribution in [0.1, 0.15) is 11.3 Å². The van der Waals surface area contributed by atoms with E-state index in [1.54, 1.807) is 52.5 Å². The number of nitrogens with one attached hydrogen (secondary N) is 2. The lowest BCUT2D eigenvalue weighted by Crippen LogP contribution is -2.28. The van der Waals surface area contributed by atoms with Gasteiger partial charge in [-0.3, -0.25) is 14.0 Å². The molecule has 0 aliphatic carbocycles. The third-order valence-electron chi connectivity index (χ3n) is 4.89. The molecule has 0 bridgehead atoms. The summed E-state index contributed by atoms with van der Waals surface area (Å²) < 4.78 is 10.1. The van der Waals surface area contributed by atoms with Crippen LogP contribution in [0.2, 0.25) is 0 Å². The number of rotatable bonds is 7. The molecule has 164 valence electrons. The first-order valence-electron chi connectivity index (χ1n) is 9.84. The molecule has 0 aliphatic rings. The predicted octanol–water partition coefficient (Wildman–Crippen LogP) is 2.46. The molecule has 0 saturated heterocycles. The molecule has 1 aromatic carbocycles. The summed E-state index contributed by atoms with van der Waals surface area (Å²) in [7, 11) is 3.34. The van der Waals surface area contributed by atoms with E-state index < -0.39 is 0 Å². The number of fused-ring (bicyclic) bond motifs is 1. The SMILES string of the molecule is C=CC(=O)Nc1cccc(Cn2cc(Nc3cn(C)nc3OC)c3ncc(C)n3c2=O)c1. The molecule has 3 heterocycles. The van der Waals surface area contributed by atoms with Crippen LogP contribution in [0.25, 0.3) is 5.65 Å². The normalized spacial score (nSPS) is 10.8. The van der Waals surface area contributed by atoms with E-state index in [9.17, 15) is 9.59 Å². The fraction of sp³-hybridized carbons (Fsp3) is 0.182. The first-order chi connectivity index (χ1) is 15.4. The molecule has 1 amide bonds. The predicted molar refractivity (Wildman–Crippen MR) is 122 cm³/mol. The van der Waals surface area contributed by atoms with Crippen molar-refractivity contribution >= 4 is 28.6 Å². The van der Waals surface area contributed by atoms with Crippen molar-refractivity contribution in [2.75, 3.05) is 17.7 Å². The van der Waals surface area contributed by atoms with Gasteiger partial charge >= 0.3 is 5.69 Å². The van der Waals surface area contributed by atoms with Crippen LogP contribution in [-0.2, 0) is 18.4 Å². The Labute approximate surface area is 183 Å². The smallest absolute Gasteiger partial charge is 0.334 e. The summed E-state index contributed by atoms with van der Waals surface area (Å²) in [5, 5.41) is 10.3. The highest BCUT2D eigenvalue weighted by Gasteiger charge is 2.16. The molecule has 2 N–H and O–H groups in total. The Bertz CT molecular complexity index is 1380. The fourth-order valence-corrected chi connectivity index (χ4v) is 3.45. The molecule has 0 atom stereocenters. The van der Waals surface area contributed by atoms with Crippen molar-refractivity contribution < 1.29 is 9.53 Å². The average molecular weight is 433 g/mol. The van der Waals surface area contributed by atoms with Crippen LogP contribution < -0.4 is 21.1 Å². The topological polar surface area (TPSA) is 107 Å². The molecular formula is C22H23N7O3. The molecule has 0 saturated carbocycles. The van der Waals surface area contributed by atoms with Crippen molar-refractivity contribution in [3.63, 3.8) is 0 Å². The van der Waals surface area contributed by atoms with Crippen LogP contribution >= 0.6 is 0 Å². The van der Waals surface area contributed by atoms with E-state index in [0.29, 0.717) is 40.8 Å². The lowest BCUT2D eigenvalue weighted by Gasteiger charge is -2.13. The summed E-state index contributed by atoms with van der Waals surface area (Å²) in [5.74, 6) is 0.129. The number of carbonyl (C=O) groups excluding carboxylic acids is 1. The molecule has 32 heavy (non-hydrogen) atoms. The number of hydrogen-bond acceptors (Lipinski definition) is 6. The molecule has 4 aromatic rings. The van der Waals surface area contributed by atoms with Gasteiger partial charge in [-0.05, 0) is 30.7 Å². The molecule has 0 unspecified atom stereocenters. The second-order valence-corrected chi connectivity index (χ2v) is 7.26. The zero-order valence-corrected chi connectivity index (χ0v) is 18.0. The molecule has 10 nitrogen and oxygen atoms in total. The Kier molecular flexibility index (Phi) is 5.50. The lowest BCUT2D eigenvalue weighted by atomic mass is 10.2. The Hall–Kier alpha value is -4.34. The maximum atomic E-state index is 13.2. The zero-order chi connectivity index (χ0) is 22.8. The highest BCUT2D eigenvalue weighted by atomic mass is 16.5. The van der Waals surface area contributed by atoms with Crippen LogP contribution in [0.3, 0.4) is 0 Å². The van der Waals surface area contributed by atoms with Crippen LogP contribution in [0.4, 0.5) is 17.1 Å². The number of hydrogen-bond donors (Lipinski definition) is 2. The standard InChI is InChI=1S/C22H23N7O3/c1-5-19(30)24-16-8-6-7-15(9-16)11-28-13-17(20-23-10-14(2)29(20)22(28)31)25-18-12-27(3)26-21(18)32-4/h5-10,12-13,25H,1,11H2,2-4H3,(H,24,30). The Morgan fingerprint density at radius 3 is 2.84 bits per heavy atom. The van der Waals surface area contributed by atoms with E-state index in [1.807, 2.05) is 25.1 Å². The first kappa shape index (κ1) is 20.9. The molecule has 0 aliphatic heterocycles. The zero-order valence-electron chi connectivity index (χ0n) is 18.0. The number of carbonyl (C=O) groups is 1. The maximum Gasteiger partial charge on any atom is 0.334 e. The number of anilines is 3. The van der Waals surface area contributed by atoms with Gasteiger partial charge in [0.2, 0.25) is 5.91 Å². The van der Waals surface area contributed by atoms with Crippen LogP contribution in [0, 0.1) is 6.92 Å². The fourth-order valence-electron chi connectivity index (χ4n) is 3.45. The molecule has 0 radical (unpaired) electrons. The summed E-state index contributed by atoms with van der Waals surface area (Å²) in [5.41, 5.74) is 3.74. The second-order valence-electron chi connectivity index (χ2n) is 7.26. The van der Waals surface area contributed by atoms with E-state index in [4.69, 9.17) is 4.74 Å². The molecule has 3 aromatic heterocycles. The third-order valence-corrected chi connectivity index (χ3v) is 4.89. The van der Waals surface area contributed by atoms with Gasteiger partial charge in [-0.2, -0.15) is 0 Å². The Morgan fingerprint density at radius 2 is 2.09 bits per heavy atom.